The van der Waals surface area contributed by atoms with Gasteiger partial charge >= 0.3 is 0 Å². The van der Waals surface area contributed by atoms with Gasteiger partial charge in [-0.05, 0) is 19.3 Å². The topological polar surface area (TPSA) is 24.4 Å². The lowest BCUT2D eigenvalue weighted by Crippen LogP contribution is -2.15. The monoisotopic (exact) mass is 152 g/mol. The molecular formula is C9H16N2. The second kappa shape index (κ2) is 3.56. The van der Waals surface area contributed by atoms with E-state index in [2.05, 4.69) is 30.5 Å². The normalized spacial score (nSPS) is 23.3. The quantitative estimate of drug-likeness (QED) is 0.644. The second-order valence-electron chi connectivity index (χ2n) is 3.53. The Bertz CT molecular complexity index is 180. The predicted molar refractivity (Wildman–Crippen MR) is 48.3 cm³/mol. The van der Waals surface area contributed by atoms with Crippen molar-refractivity contribution in [3.05, 3.63) is 11.8 Å². The Morgan fingerprint density at radius 2 is 2.36 bits per heavy atom. The van der Waals surface area contributed by atoms with Gasteiger partial charge in [-0.25, -0.2) is 0 Å². The van der Waals surface area contributed by atoms with Gasteiger partial charge in [-0.2, -0.15) is 5.10 Å². The van der Waals surface area contributed by atoms with Crippen LogP contribution in [0.5, 0.6) is 0 Å². The minimum absolute atomic E-state index is 0.538. The van der Waals surface area contributed by atoms with E-state index in [4.69, 9.17) is 0 Å². The van der Waals surface area contributed by atoms with Gasteiger partial charge in [0.25, 0.3) is 0 Å². The summed E-state index contributed by atoms with van der Waals surface area (Å²) in [5, 5.41) is 4.05. The van der Waals surface area contributed by atoms with E-state index in [1.54, 1.807) is 0 Å². The van der Waals surface area contributed by atoms with Gasteiger partial charge in [0, 0.05) is 17.8 Å². The fraction of sp³-hybridized carbons (Fsp3) is 0.667. The van der Waals surface area contributed by atoms with Crippen LogP contribution in [0.4, 0.5) is 0 Å². The summed E-state index contributed by atoms with van der Waals surface area (Å²) in [6.45, 7) is 6.52. The molecule has 0 aliphatic carbocycles. The molecule has 0 aromatic heterocycles. The summed E-state index contributed by atoms with van der Waals surface area (Å²) in [5.41, 5.74) is 4.08. The van der Waals surface area contributed by atoms with Crippen LogP contribution in [0, 0.1) is 11.8 Å². The molecule has 0 aromatic carbocycles. The molecule has 2 nitrogen and oxygen atoms in total. The van der Waals surface area contributed by atoms with Crippen LogP contribution in [0.15, 0.2) is 16.9 Å². The number of allylic oxidation sites excluding steroid dienone is 2. The first-order chi connectivity index (χ1) is 5.18. The minimum atomic E-state index is 0.538. The first-order valence-corrected chi connectivity index (χ1v) is 4.16. The zero-order valence-electron chi connectivity index (χ0n) is 7.46. The molecule has 1 unspecified atom stereocenters. The van der Waals surface area contributed by atoms with Crippen molar-refractivity contribution in [2.75, 3.05) is 0 Å². The van der Waals surface area contributed by atoms with E-state index in [1.807, 2.05) is 13.1 Å². The van der Waals surface area contributed by atoms with Crippen molar-refractivity contribution >= 4 is 6.21 Å². The Morgan fingerprint density at radius 1 is 1.64 bits per heavy atom. The summed E-state index contributed by atoms with van der Waals surface area (Å²) >= 11 is 0. The first kappa shape index (κ1) is 8.31. The lowest BCUT2D eigenvalue weighted by atomic mass is 9.97. The van der Waals surface area contributed by atoms with Crippen molar-refractivity contribution in [1.29, 1.82) is 0 Å². The maximum atomic E-state index is 4.05. The summed E-state index contributed by atoms with van der Waals surface area (Å²) in [7, 11) is 0. The molecule has 0 saturated heterocycles. The molecule has 11 heavy (non-hydrogen) atoms. The van der Waals surface area contributed by atoms with Crippen molar-refractivity contribution in [3.63, 3.8) is 0 Å². The van der Waals surface area contributed by atoms with Gasteiger partial charge in [0.2, 0.25) is 0 Å². The molecule has 1 heterocycles. The molecule has 0 aromatic rings. The standard InChI is InChI=1S/C9H16N2/c1-7(2)4-9-5-8(3)11-10-6-9/h5-7,9,11H,4H2,1-3H3. The highest BCUT2D eigenvalue weighted by atomic mass is 15.3. The lowest BCUT2D eigenvalue weighted by Gasteiger charge is -2.15. The number of nitrogens with zero attached hydrogens (tertiary/aromatic N) is 1. The van der Waals surface area contributed by atoms with Crippen molar-refractivity contribution in [3.8, 4) is 0 Å². The third-order valence-electron chi connectivity index (χ3n) is 1.71. The van der Waals surface area contributed by atoms with E-state index in [-0.39, 0.29) is 0 Å². The Kier molecular flexibility index (Phi) is 2.69. The number of hydrogen-bond donors (Lipinski definition) is 1. The van der Waals surface area contributed by atoms with Crippen molar-refractivity contribution in [1.82, 2.24) is 5.43 Å². The molecule has 0 bridgehead atoms. The van der Waals surface area contributed by atoms with Crippen LogP contribution >= 0.6 is 0 Å². The van der Waals surface area contributed by atoms with Gasteiger partial charge < -0.3 is 0 Å². The molecule has 0 fully saturated rings. The maximum absolute atomic E-state index is 4.05. The molecular weight excluding hydrogens is 136 g/mol. The molecule has 1 aliphatic heterocycles. The fourth-order valence-electron chi connectivity index (χ4n) is 1.31. The van der Waals surface area contributed by atoms with E-state index in [0.717, 1.165) is 11.6 Å². The van der Waals surface area contributed by atoms with Crippen LogP contribution in [0.2, 0.25) is 0 Å². The molecule has 0 amide bonds. The highest BCUT2D eigenvalue weighted by molar-refractivity contribution is 5.64. The van der Waals surface area contributed by atoms with Gasteiger partial charge in [0.15, 0.2) is 0 Å². The van der Waals surface area contributed by atoms with E-state index < -0.39 is 0 Å². The zero-order chi connectivity index (χ0) is 8.27. The minimum Gasteiger partial charge on any atom is -0.284 e. The van der Waals surface area contributed by atoms with Crippen molar-refractivity contribution in [2.45, 2.75) is 27.2 Å². The van der Waals surface area contributed by atoms with Crippen LogP contribution in [-0.4, -0.2) is 6.21 Å². The van der Waals surface area contributed by atoms with Crippen molar-refractivity contribution < 1.29 is 0 Å². The second-order valence-corrected chi connectivity index (χ2v) is 3.53. The highest BCUT2D eigenvalue weighted by Gasteiger charge is 2.08. The average Bonchev–Trinajstić information content (AvgIpc) is 1.85. The molecule has 1 rings (SSSR count). The number of rotatable bonds is 2. The smallest absolute Gasteiger partial charge is 0.0316 e. The summed E-state index contributed by atoms with van der Waals surface area (Å²) in [6.07, 6.45) is 5.41. The molecule has 1 atom stereocenters. The van der Waals surface area contributed by atoms with Crippen LogP contribution < -0.4 is 5.43 Å². The summed E-state index contributed by atoms with van der Waals surface area (Å²) in [5.74, 6) is 1.28. The van der Waals surface area contributed by atoms with Crippen LogP contribution in [0.25, 0.3) is 0 Å². The zero-order valence-corrected chi connectivity index (χ0v) is 7.46. The molecule has 0 saturated carbocycles. The molecule has 0 radical (unpaired) electrons. The van der Waals surface area contributed by atoms with E-state index in [1.165, 1.54) is 6.42 Å². The third-order valence-corrected chi connectivity index (χ3v) is 1.71. The Balaban J connectivity index is 2.45. The Labute approximate surface area is 68.4 Å². The first-order valence-electron chi connectivity index (χ1n) is 4.16. The van der Waals surface area contributed by atoms with Crippen LogP contribution in [0.3, 0.4) is 0 Å². The maximum Gasteiger partial charge on any atom is 0.0316 e. The van der Waals surface area contributed by atoms with Gasteiger partial charge in [-0.1, -0.05) is 19.9 Å². The summed E-state index contributed by atoms with van der Waals surface area (Å²) in [6, 6.07) is 0. The summed E-state index contributed by atoms with van der Waals surface area (Å²) in [4.78, 5) is 0. The largest absolute Gasteiger partial charge is 0.284 e. The Hall–Kier alpha value is -0.790. The van der Waals surface area contributed by atoms with Gasteiger partial charge in [0.1, 0.15) is 0 Å². The third kappa shape index (κ3) is 2.74. The fourth-order valence-corrected chi connectivity index (χ4v) is 1.31. The Morgan fingerprint density at radius 3 is 2.91 bits per heavy atom. The van der Waals surface area contributed by atoms with E-state index in [0.29, 0.717) is 5.92 Å². The van der Waals surface area contributed by atoms with Gasteiger partial charge in [0.05, 0.1) is 0 Å². The van der Waals surface area contributed by atoms with Gasteiger partial charge in [-0.3, -0.25) is 5.43 Å². The molecule has 0 spiro atoms. The van der Waals surface area contributed by atoms with E-state index >= 15 is 0 Å². The van der Waals surface area contributed by atoms with Crippen LogP contribution in [0.1, 0.15) is 27.2 Å². The SMILES string of the molecule is CC1=CC(CC(C)C)C=NN1. The lowest BCUT2D eigenvalue weighted by molar-refractivity contribution is 0.544. The van der Waals surface area contributed by atoms with Crippen molar-refractivity contribution in [2.24, 2.45) is 16.9 Å². The van der Waals surface area contributed by atoms with Gasteiger partial charge in [-0.15, -0.1) is 0 Å². The number of hydrazone groups is 1. The van der Waals surface area contributed by atoms with Crippen LogP contribution in [-0.2, 0) is 0 Å². The number of hydrogen-bond acceptors (Lipinski definition) is 2. The average molecular weight is 152 g/mol. The molecule has 62 valence electrons. The molecule has 1 aliphatic rings. The number of nitrogens with one attached hydrogen (secondary N) is 1. The molecule has 2 heteroatoms. The molecule has 1 N–H and O–H groups in total. The summed E-state index contributed by atoms with van der Waals surface area (Å²) < 4.78 is 0. The highest BCUT2D eigenvalue weighted by Crippen LogP contribution is 2.14. The predicted octanol–water partition coefficient (Wildman–Crippen LogP) is 2.14. The van der Waals surface area contributed by atoms with E-state index in [9.17, 15) is 0 Å².